The van der Waals surface area contributed by atoms with Gasteiger partial charge in [0.25, 0.3) is 0 Å². The lowest BCUT2D eigenvalue weighted by molar-refractivity contribution is 0.627. The van der Waals surface area contributed by atoms with Gasteiger partial charge < -0.3 is 5.32 Å². The summed E-state index contributed by atoms with van der Waals surface area (Å²) in [7, 11) is -0.706. The molecule has 1 aromatic carbocycles. The Labute approximate surface area is 107 Å². The molecule has 17 heavy (non-hydrogen) atoms. The molecule has 0 saturated heterocycles. The number of aryl methyl sites for hydroxylation is 1. The molecule has 0 fully saturated rings. The minimum absolute atomic E-state index is 0.279. The van der Waals surface area contributed by atoms with Crippen molar-refractivity contribution in [3.63, 3.8) is 0 Å². The second-order valence-electron chi connectivity index (χ2n) is 4.63. The third-order valence-corrected chi connectivity index (χ3v) is 4.70. The maximum atomic E-state index is 11.2. The minimum Gasteiger partial charge on any atom is -0.313 e. The highest BCUT2D eigenvalue weighted by Gasteiger charge is 2.05. The number of benzene rings is 1. The van der Waals surface area contributed by atoms with Gasteiger partial charge in [-0.15, -0.1) is 0 Å². The molecule has 0 amide bonds. The molecule has 2 nitrogen and oxygen atoms in total. The van der Waals surface area contributed by atoms with E-state index in [2.05, 4.69) is 37.4 Å². The molecule has 0 spiro atoms. The number of nitrogens with one attached hydrogen (secondary N) is 1. The van der Waals surface area contributed by atoms with Crippen LogP contribution in [0.5, 0.6) is 0 Å². The van der Waals surface area contributed by atoms with Gasteiger partial charge in [-0.2, -0.15) is 0 Å². The summed E-state index contributed by atoms with van der Waals surface area (Å²) in [6, 6.07) is 6.40. The van der Waals surface area contributed by atoms with Crippen LogP contribution in [0.3, 0.4) is 0 Å². The molecule has 1 rings (SSSR count). The maximum Gasteiger partial charge on any atom is 0.0329 e. The van der Waals surface area contributed by atoms with Crippen molar-refractivity contribution >= 4 is 10.8 Å². The second kappa shape index (κ2) is 6.92. The summed E-state index contributed by atoms with van der Waals surface area (Å²) in [6.07, 6.45) is 2.74. The van der Waals surface area contributed by atoms with Crippen molar-refractivity contribution in [2.24, 2.45) is 0 Å². The summed E-state index contributed by atoms with van der Waals surface area (Å²) < 4.78 is 11.2. The smallest absolute Gasteiger partial charge is 0.0329 e. The van der Waals surface area contributed by atoms with Gasteiger partial charge in [-0.05, 0) is 43.5 Å². The van der Waals surface area contributed by atoms with Crippen LogP contribution in [0.15, 0.2) is 18.2 Å². The van der Waals surface area contributed by atoms with E-state index in [0.717, 1.165) is 19.5 Å². The molecular weight excluding hydrogens is 230 g/mol. The molecule has 0 aliphatic heterocycles. The highest BCUT2D eigenvalue weighted by molar-refractivity contribution is 7.84. The summed E-state index contributed by atoms with van der Waals surface area (Å²) >= 11 is 0. The highest BCUT2D eigenvalue weighted by Crippen LogP contribution is 2.12. The topological polar surface area (TPSA) is 29.1 Å². The molecule has 0 radical (unpaired) electrons. The van der Waals surface area contributed by atoms with Crippen molar-refractivity contribution in [1.82, 2.24) is 5.32 Å². The molecule has 1 aromatic rings. The van der Waals surface area contributed by atoms with Gasteiger partial charge in [0.05, 0.1) is 0 Å². The fraction of sp³-hybridized carbons (Fsp3) is 0.571. The molecule has 3 heteroatoms. The van der Waals surface area contributed by atoms with Gasteiger partial charge in [-0.25, -0.2) is 0 Å². The number of hydrogen-bond acceptors (Lipinski definition) is 2. The third kappa shape index (κ3) is 4.60. The Kier molecular flexibility index (Phi) is 5.86. The maximum absolute atomic E-state index is 11.2. The van der Waals surface area contributed by atoms with E-state index in [4.69, 9.17) is 0 Å². The van der Waals surface area contributed by atoms with Crippen LogP contribution in [0.4, 0.5) is 0 Å². The average Bonchev–Trinajstić information content (AvgIpc) is 2.29. The third-order valence-electron chi connectivity index (χ3n) is 3.33. The predicted octanol–water partition coefficient (Wildman–Crippen LogP) is 2.55. The van der Waals surface area contributed by atoms with Crippen molar-refractivity contribution in [2.45, 2.75) is 39.0 Å². The van der Waals surface area contributed by atoms with Crippen LogP contribution in [0.2, 0.25) is 0 Å². The first kappa shape index (κ1) is 14.4. The molecule has 0 saturated carbocycles. The molecule has 0 bridgehead atoms. The van der Waals surface area contributed by atoms with Crippen LogP contribution >= 0.6 is 0 Å². The van der Waals surface area contributed by atoms with Gasteiger partial charge in [0.2, 0.25) is 0 Å². The Morgan fingerprint density at radius 2 is 2.06 bits per heavy atom. The summed E-state index contributed by atoms with van der Waals surface area (Å²) in [5.74, 6) is 0. The Hall–Kier alpha value is -0.670. The van der Waals surface area contributed by atoms with Gasteiger partial charge in [-0.1, -0.05) is 25.1 Å². The van der Waals surface area contributed by atoms with Gasteiger partial charge in [-0.3, -0.25) is 4.21 Å². The van der Waals surface area contributed by atoms with E-state index in [9.17, 15) is 4.21 Å². The zero-order valence-electron chi connectivity index (χ0n) is 11.2. The number of hydrogen-bond donors (Lipinski definition) is 1. The largest absolute Gasteiger partial charge is 0.313 e. The molecule has 0 heterocycles. The van der Waals surface area contributed by atoms with E-state index >= 15 is 0 Å². The molecule has 0 aliphatic rings. The fourth-order valence-electron chi connectivity index (χ4n) is 1.70. The average molecular weight is 253 g/mol. The van der Waals surface area contributed by atoms with Crippen LogP contribution in [0.25, 0.3) is 0 Å². The predicted molar refractivity (Wildman–Crippen MR) is 75.8 cm³/mol. The van der Waals surface area contributed by atoms with E-state index in [1.807, 2.05) is 6.92 Å². The van der Waals surface area contributed by atoms with Crippen LogP contribution in [-0.4, -0.2) is 22.3 Å². The zero-order valence-corrected chi connectivity index (χ0v) is 12.1. The summed E-state index contributed by atoms with van der Waals surface area (Å²) in [5.41, 5.74) is 4.06. The van der Waals surface area contributed by atoms with Gasteiger partial charge in [0.1, 0.15) is 0 Å². The zero-order chi connectivity index (χ0) is 12.8. The van der Waals surface area contributed by atoms with Crippen molar-refractivity contribution in [3.05, 3.63) is 34.9 Å². The Balaban J connectivity index is 2.36. The lowest BCUT2D eigenvalue weighted by atomic mass is 10.0. The van der Waals surface area contributed by atoms with E-state index in [0.29, 0.717) is 0 Å². The summed E-state index contributed by atoms with van der Waals surface area (Å²) in [6.45, 7) is 8.16. The lowest BCUT2D eigenvalue weighted by Gasteiger charge is -2.11. The normalized spacial score (nSPS) is 14.6. The van der Waals surface area contributed by atoms with Gasteiger partial charge in [0.15, 0.2) is 0 Å². The van der Waals surface area contributed by atoms with Crippen LogP contribution in [-0.2, 0) is 17.3 Å². The first-order valence-electron chi connectivity index (χ1n) is 6.10. The quantitative estimate of drug-likeness (QED) is 0.789. The Morgan fingerprint density at radius 1 is 1.35 bits per heavy atom. The first-order valence-corrected chi connectivity index (χ1v) is 7.72. The molecule has 96 valence electrons. The lowest BCUT2D eigenvalue weighted by Crippen LogP contribution is -2.21. The fourth-order valence-corrected chi connectivity index (χ4v) is 2.15. The molecule has 0 aliphatic carbocycles. The molecule has 2 atom stereocenters. The van der Waals surface area contributed by atoms with E-state index in [1.165, 1.54) is 16.7 Å². The van der Waals surface area contributed by atoms with Crippen molar-refractivity contribution < 1.29 is 4.21 Å². The van der Waals surface area contributed by atoms with Gasteiger partial charge >= 0.3 is 0 Å². The van der Waals surface area contributed by atoms with Crippen molar-refractivity contribution in [2.75, 3.05) is 12.8 Å². The summed E-state index contributed by atoms with van der Waals surface area (Å²) in [4.78, 5) is 0. The van der Waals surface area contributed by atoms with E-state index in [1.54, 1.807) is 6.26 Å². The highest BCUT2D eigenvalue weighted by atomic mass is 32.2. The van der Waals surface area contributed by atoms with Crippen molar-refractivity contribution in [1.29, 1.82) is 0 Å². The molecule has 1 N–H and O–H groups in total. The number of rotatable bonds is 6. The molecule has 0 aromatic heterocycles. The second-order valence-corrected chi connectivity index (χ2v) is 6.44. The summed E-state index contributed by atoms with van der Waals surface area (Å²) in [5, 5.41) is 3.70. The molecular formula is C14H23NOS. The first-order chi connectivity index (χ1) is 8.02. The van der Waals surface area contributed by atoms with Crippen molar-refractivity contribution in [3.8, 4) is 0 Å². The van der Waals surface area contributed by atoms with E-state index in [-0.39, 0.29) is 5.25 Å². The van der Waals surface area contributed by atoms with E-state index < -0.39 is 10.8 Å². The standard InChI is InChI=1S/C14H23NOS/c1-11-6-5-7-14(13(11)3)10-15-9-8-12(2)17(4)16/h5-7,12,15H,8-10H2,1-4H3. The Bertz CT molecular complexity index is 390. The molecule has 2 unspecified atom stereocenters. The van der Waals surface area contributed by atoms with Crippen LogP contribution < -0.4 is 5.32 Å². The SMILES string of the molecule is Cc1cccc(CNCCC(C)S(C)=O)c1C. The van der Waals surface area contributed by atoms with Crippen LogP contribution in [0.1, 0.15) is 30.0 Å². The Morgan fingerprint density at radius 3 is 2.71 bits per heavy atom. The van der Waals surface area contributed by atoms with Crippen LogP contribution in [0, 0.1) is 13.8 Å². The monoisotopic (exact) mass is 253 g/mol. The minimum atomic E-state index is -0.706. The van der Waals surface area contributed by atoms with Gasteiger partial charge in [0, 0.05) is 28.9 Å².